The number of amides is 1. The number of rotatable bonds is 0. The first kappa shape index (κ1) is 11.1. The summed E-state index contributed by atoms with van der Waals surface area (Å²) in [5, 5.41) is 2.78. The summed E-state index contributed by atoms with van der Waals surface area (Å²) in [6.45, 7) is 6.46. The molecular weight excluding hydrogens is 202 g/mol. The van der Waals surface area contributed by atoms with Crippen LogP contribution in [0.25, 0.3) is 0 Å². The number of aromatic nitrogens is 1. The topological polar surface area (TPSA) is 69.6 Å². The molecule has 0 spiro atoms. The van der Waals surface area contributed by atoms with Crippen molar-refractivity contribution in [3.05, 3.63) is 23.4 Å². The van der Waals surface area contributed by atoms with Crippen molar-refractivity contribution in [3.63, 3.8) is 0 Å². The average Bonchev–Trinajstić information content (AvgIpc) is 2.17. The number of hydrogen-bond donors (Lipinski definition) is 2. The first-order chi connectivity index (χ1) is 7.38. The molecule has 2 heterocycles. The number of carbonyl (C=O) groups is 1. The van der Waals surface area contributed by atoms with Crippen LogP contribution in [0.3, 0.4) is 0 Å². The van der Waals surface area contributed by atoms with E-state index in [0.29, 0.717) is 12.2 Å². The molecule has 4 nitrogen and oxygen atoms in total. The number of pyridine rings is 1. The second kappa shape index (κ2) is 3.56. The summed E-state index contributed by atoms with van der Waals surface area (Å²) in [7, 11) is 0. The summed E-state index contributed by atoms with van der Waals surface area (Å²) >= 11 is 0. The smallest absolute Gasteiger partial charge is 0.284 e. The van der Waals surface area contributed by atoms with E-state index >= 15 is 0 Å². The van der Waals surface area contributed by atoms with E-state index in [9.17, 15) is 4.79 Å². The lowest BCUT2D eigenvalue weighted by atomic mass is 9.86. The molecule has 0 bridgehead atoms. The highest BCUT2D eigenvalue weighted by Crippen LogP contribution is 2.27. The normalized spacial score (nSPS) is 20.2. The SMILES string of the molecule is CC(C)(C)c1cnc2c(c1)CC([NH3+])C(=O)N2. The molecule has 0 aromatic carbocycles. The summed E-state index contributed by atoms with van der Waals surface area (Å²) in [5.41, 5.74) is 6.19. The summed E-state index contributed by atoms with van der Waals surface area (Å²) in [5.74, 6) is 0.654. The molecule has 2 rings (SSSR count). The minimum atomic E-state index is -0.204. The lowest BCUT2D eigenvalue weighted by molar-refractivity contribution is -0.402. The highest BCUT2D eigenvalue weighted by molar-refractivity contribution is 5.95. The minimum Gasteiger partial charge on any atom is -0.347 e. The van der Waals surface area contributed by atoms with Crippen LogP contribution < -0.4 is 11.1 Å². The molecule has 0 saturated carbocycles. The molecule has 1 aliphatic heterocycles. The van der Waals surface area contributed by atoms with Crippen molar-refractivity contribution in [2.75, 3.05) is 5.32 Å². The maximum atomic E-state index is 11.4. The van der Waals surface area contributed by atoms with Crippen LogP contribution >= 0.6 is 0 Å². The van der Waals surface area contributed by atoms with Gasteiger partial charge in [0, 0.05) is 18.2 Å². The van der Waals surface area contributed by atoms with E-state index in [1.807, 2.05) is 6.20 Å². The third kappa shape index (κ3) is 1.93. The summed E-state index contributed by atoms with van der Waals surface area (Å²) < 4.78 is 0. The third-order valence-electron chi connectivity index (χ3n) is 2.91. The van der Waals surface area contributed by atoms with E-state index in [2.05, 4.69) is 42.9 Å². The molecule has 1 unspecified atom stereocenters. The monoisotopic (exact) mass is 220 g/mol. The molecule has 4 heteroatoms. The quantitative estimate of drug-likeness (QED) is 0.668. The van der Waals surface area contributed by atoms with Crippen LogP contribution in [-0.2, 0) is 16.6 Å². The van der Waals surface area contributed by atoms with Crippen molar-refractivity contribution in [3.8, 4) is 0 Å². The van der Waals surface area contributed by atoms with Gasteiger partial charge in [0.15, 0.2) is 6.04 Å². The Balaban J connectivity index is 2.40. The molecule has 1 aliphatic rings. The van der Waals surface area contributed by atoms with Gasteiger partial charge in [0.2, 0.25) is 0 Å². The summed E-state index contributed by atoms with van der Waals surface area (Å²) in [4.78, 5) is 15.7. The number of fused-ring (bicyclic) bond motifs is 1. The first-order valence-corrected chi connectivity index (χ1v) is 5.51. The fraction of sp³-hybridized carbons (Fsp3) is 0.500. The molecular formula is C12H18N3O+. The van der Waals surface area contributed by atoms with Crippen molar-refractivity contribution < 1.29 is 10.5 Å². The van der Waals surface area contributed by atoms with Gasteiger partial charge in [-0.1, -0.05) is 20.8 Å². The largest absolute Gasteiger partial charge is 0.347 e. The zero-order valence-electron chi connectivity index (χ0n) is 10.0. The average molecular weight is 220 g/mol. The van der Waals surface area contributed by atoms with Crippen LogP contribution in [0, 0.1) is 0 Å². The summed E-state index contributed by atoms with van der Waals surface area (Å²) in [6, 6.07) is 1.92. The minimum absolute atomic E-state index is 0.0384. The standard InChI is InChI=1S/C12H17N3O/c1-12(2,3)8-4-7-5-9(13)11(16)15-10(7)14-6-8/h4,6,9H,5,13H2,1-3H3,(H,14,15,16)/p+1. The highest BCUT2D eigenvalue weighted by atomic mass is 16.2. The molecule has 1 aromatic heterocycles. The van der Waals surface area contributed by atoms with Crippen molar-refractivity contribution in [2.24, 2.45) is 0 Å². The highest BCUT2D eigenvalue weighted by Gasteiger charge is 2.27. The Morgan fingerprint density at radius 3 is 2.81 bits per heavy atom. The number of hydrogen-bond acceptors (Lipinski definition) is 2. The zero-order chi connectivity index (χ0) is 11.9. The van der Waals surface area contributed by atoms with Gasteiger partial charge in [-0.2, -0.15) is 0 Å². The fourth-order valence-electron chi connectivity index (χ4n) is 1.77. The molecule has 1 amide bonds. The second-order valence-electron chi connectivity index (χ2n) is 5.37. The van der Waals surface area contributed by atoms with Gasteiger partial charge in [-0.15, -0.1) is 0 Å². The molecule has 0 fully saturated rings. The predicted molar refractivity (Wildman–Crippen MR) is 61.9 cm³/mol. The first-order valence-electron chi connectivity index (χ1n) is 5.51. The van der Waals surface area contributed by atoms with Gasteiger partial charge >= 0.3 is 0 Å². The third-order valence-corrected chi connectivity index (χ3v) is 2.91. The number of nitrogens with one attached hydrogen (secondary N) is 1. The lowest BCUT2D eigenvalue weighted by Gasteiger charge is -2.23. The predicted octanol–water partition coefficient (Wildman–Crippen LogP) is 0.484. The molecule has 16 heavy (non-hydrogen) atoms. The van der Waals surface area contributed by atoms with E-state index in [0.717, 1.165) is 5.56 Å². The number of anilines is 1. The Labute approximate surface area is 95.3 Å². The Bertz CT molecular complexity index is 434. The zero-order valence-corrected chi connectivity index (χ0v) is 10.0. The second-order valence-corrected chi connectivity index (χ2v) is 5.37. The number of nitrogens with zero attached hydrogens (tertiary/aromatic N) is 1. The number of carbonyl (C=O) groups excluding carboxylic acids is 1. The van der Waals surface area contributed by atoms with E-state index < -0.39 is 0 Å². The Hall–Kier alpha value is -1.42. The van der Waals surface area contributed by atoms with Crippen LogP contribution in [0.4, 0.5) is 5.82 Å². The molecule has 0 saturated heterocycles. The molecule has 0 radical (unpaired) electrons. The van der Waals surface area contributed by atoms with Gasteiger partial charge in [-0.05, 0) is 17.0 Å². The van der Waals surface area contributed by atoms with Gasteiger partial charge in [0.05, 0.1) is 0 Å². The van der Waals surface area contributed by atoms with E-state index in [1.165, 1.54) is 5.56 Å². The Kier molecular flexibility index (Phi) is 2.46. The fourth-order valence-corrected chi connectivity index (χ4v) is 1.77. The molecule has 86 valence electrons. The van der Waals surface area contributed by atoms with Crippen LogP contribution in [-0.4, -0.2) is 16.9 Å². The molecule has 1 aromatic rings. The van der Waals surface area contributed by atoms with E-state index in [1.54, 1.807) is 0 Å². The van der Waals surface area contributed by atoms with Crippen molar-refractivity contribution in [1.82, 2.24) is 4.98 Å². The van der Waals surface area contributed by atoms with Crippen LogP contribution in [0.1, 0.15) is 31.9 Å². The van der Waals surface area contributed by atoms with Crippen molar-refractivity contribution >= 4 is 11.7 Å². The maximum Gasteiger partial charge on any atom is 0.284 e. The van der Waals surface area contributed by atoms with Crippen LogP contribution in [0.2, 0.25) is 0 Å². The lowest BCUT2D eigenvalue weighted by Crippen LogP contribution is -2.68. The van der Waals surface area contributed by atoms with Gasteiger partial charge in [-0.3, -0.25) is 4.79 Å². The molecule has 4 N–H and O–H groups in total. The van der Waals surface area contributed by atoms with Gasteiger partial charge in [0.1, 0.15) is 5.82 Å². The Morgan fingerprint density at radius 2 is 2.19 bits per heavy atom. The van der Waals surface area contributed by atoms with Gasteiger partial charge in [-0.25, -0.2) is 4.98 Å². The number of quaternary nitrogens is 1. The molecule has 1 atom stereocenters. The summed E-state index contributed by atoms with van der Waals surface area (Å²) in [6.07, 6.45) is 2.51. The van der Waals surface area contributed by atoms with Gasteiger partial charge in [0.25, 0.3) is 5.91 Å². The van der Waals surface area contributed by atoms with E-state index in [-0.39, 0.29) is 17.4 Å². The van der Waals surface area contributed by atoms with E-state index in [4.69, 9.17) is 0 Å². The van der Waals surface area contributed by atoms with Crippen LogP contribution in [0.5, 0.6) is 0 Å². The Morgan fingerprint density at radius 1 is 1.50 bits per heavy atom. The maximum absolute atomic E-state index is 11.4. The molecule has 0 aliphatic carbocycles. The van der Waals surface area contributed by atoms with Crippen LogP contribution in [0.15, 0.2) is 12.3 Å². The van der Waals surface area contributed by atoms with Gasteiger partial charge < -0.3 is 11.1 Å². The van der Waals surface area contributed by atoms with Crippen molar-refractivity contribution in [1.29, 1.82) is 0 Å². The van der Waals surface area contributed by atoms with Crippen molar-refractivity contribution in [2.45, 2.75) is 38.6 Å².